The van der Waals surface area contributed by atoms with E-state index < -0.39 is 0 Å². The van der Waals surface area contributed by atoms with Gasteiger partial charge in [0.1, 0.15) is 0 Å². The molecule has 39 heavy (non-hydrogen) atoms. The first kappa shape index (κ1) is 27.6. The van der Waals surface area contributed by atoms with Gasteiger partial charge in [0.15, 0.2) is 0 Å². The quantitative estimate of drug-likeness (QED) is 0.198. The van der Waals surface area contributed by atoms with Crippen molar-refractivity contribution in [2.75, 3.05) is 0 Å². The van der Waals surface area contributed by atoms with Gasteiger partial charge in [-0.1, -0.05) is 36.4 Å². The van der Waals surface area contributed by atoms with Crippen LogP contribution in [0.1, 0.15) is 11.1 Å². The van der Waals surface area contributed by atoms with Gasteiger partial charge in [-0.05, 0) is 85.6 Å². The maximum atomic E-state index is 4.79. The number of hydrogen-bond donors (Lipinski definition) is 0. The average molecular weight is 687 g/mol. The molecule has 6 nitrogen and oxygen atoms in total. The van der Waals surface area contributed by atoms with Gasteiger partial charge >= 0.3 is 0 Å². The zero-order valence-electron chi connectivity index (χ0n) is 21.6. The van der Waals surface area contributed by atoms with Crippen LogP contribution in [0.25, 0.3) is 45.6 Å². The predicted octanol–water partition coefficient (Wildman–Crippen LogP) is 7.03. The first-order valence-corrected chi connectivity index (χ1v) is 12.3. The Bertz CT molecular complexity index is 1500. The maximum Gasteiger partial charge on any atom is 0.0923 e. The summed E-state index contributed by atoms with van der Waals surface area (Å²) in [5.74, 6) is 0. The van der Waals surface area contributed by atoms with E-state index in [2.05, 4.69) is 44.8 Å². The number of rotatable bonds is 4. The molecule has 0 amide bonds. The second-order valence-corrected chi connectivity index (χ2v) is 8.59. The van der Waals surface area contributed by atoms with Crippen LogP contribution in [0.5, 0.6) is 0 Å². The summed E-state index contributed by atoms with van der Waals surface area (Å²) in [5, 5.41) is 0. The van der Waals surface area contributed by atoms with Crippen LogP contribution < -0.4 is 0 Å². The molecule has 0 atom stereocenters. The number of hydrogen-bond acceptors (Lipinski definition) is 6. The van der Waals surface area contributed by atoms with Gasteiger partial charge in [0.2, 0.25) is 0 Å². The van der Waals surface area contributed by atoms with Crippen molar-refractivity contribution in [2.24, 2.45) is 0 Å². The van der Waals surface area contributed by atoms with E-state index in [0.29, 0.717) is 0 Å². The van der Waals surface area contributed by atoms with Crippen molar-refractivity contribution in [3.05, 3.63) is 133 Å². The van der Waals surface area contributed by atoms with Crippen LogP contribution in [-0.2, 0) is 20.1 Å². The Balaban J connectivity index is 0.000000177. The fraction of sp³-hybridized carbons (Fsp3) is 0.0625. The summed E-state index contributed by atoms with van der Waals surface area (Å²) >= 11 is 0. The third-order valence-corrected chi connectivity index (χ3v) is 5.82. The molecule has 0 bridgehead atoms. The van der Waals surface area contributed by atoms with E-state index >= 15 is 0 Å². The Morgan fingerprint density at radius 1 is 0.385 bits per heavy atom. The van der Waals surface area contributed by atoms with Gasteiger partial charge in [-0.2, -0.15) is 0 Å². The van der Waals surface area contributed by atoms with Crippen molar-refractivity contribution < 1.29 is 20.1 Å². The minimum Gasteiger partial charge on any atom is -0.255 e. The average Bonchev–Trinajstić information content (AvgIpc) is 2.99. The van der Waals surface area contributed by atoms with E-state index in [-0.39, 0.29) is 20.1 Å². The van der Waals surface area contributed by atoms with Gasteiger partial charge in [0.05, 0.1) is 45.6 Å². The Labute approximate surface area is 241 Å². The molecule has 0 aliphatic carbocycles. The van der Waals surface area contributed by atoms with Gasteiger partial charge in [0, 0.05) is 44.9 Å². The molecule has 0 unspecified atom stereocenters. The molecule has 7 heteroatoms. The van der Waals surface area contributed by atoms with Crippen molar-refractivity contribution in [3.8, 4) is 45.6 Å². The molecule has 0 fully saturated rings. The summed E-state index contributed by atoms with van der Waals surface area (Å²) in [6.45, 7) is 4.12. The largest absolute Gasteiger partial charge is 0.255 e. The van der Waals surface area contributed by atoms with Crippen molar-refractivity contribution >= 4 is 0 Å². The third kappa shape index (κ3) is 6.90. The van der Waals surface area contributed by atoms with Crippen LogP contribution in [0.3, 0.4) is 0 Å². The van der Waals surface area contributed by atoms with Crippen molar-refractivity contribution in [1.82, 2.24) is 29.9 Å². The van der Waals surface area contributed by atoms with Gasteiger partial charge in [-0.15, -0.1) is 0 Å². The van der Waals surface area contributed by atoms with Crippen LogP contribution >= 0.6 is 0 Å². The van der Waals surface area contributed by atoms with E-state index in [1.165, 1.54) is 0 Å². The van der Waals surface area contributed by atoms with Crippen LogP contribution in [-0.4, -0.2) is 29.9 Å². The monoisotopic (exact) mass is 687 g/mol. The van der Waals surface area contributed by atoms with Crippen molar-refractivity contribution in [1.29, 1.82) is 0 Å². The molecule has 0 aliphatic rings. The fourth-order valence-corrected chi connectivity index (χ4v) is 4.02. The van der Waals surface area contributed by atoms with E-state index in [1.807, 2.05) is 91.0 Å². The Morgan fingerprint density at radius 3 is 1.10 bits per heavy atom. The summed E-state index contributed by atoms with van der Waals surface area (Å²) in [6.07, 6.45) is 7.11. The molecule has 193 valence electrons. The number of aryl methyl sites for hydroxylation is 2. The molecule has 0 spiro atoms. The molecule has 0 saturated heterocycles. The van der Waals surface area contributed by atoms with E-state index in [9.17, 15) is 0 Å². The van der Waals surface area contributed by atoms with E-state index in [4.69, 9.17) is 4.98 Å². The molecule has 0 aromatic carbocycles. The van der Waals surface area contributed by atoms with Gasteiger partial charge < -0.3 is 0 Å². The number of pyridine rings is 6. The summed E-state index contributed by atoms with van der Waals surface area (Å²) in [6, 6.07) is 31.3. The Hall–Kier alpha value is -4.45. The number of nitrogens with zero attached hydrogens (tertiary/aromatic N) is 6. The molecule has 6 aromatic heterocycles. The third-order valence-electron chi connectivity index (χ3n) is 5.82. The van der Waals surface area contributed by atoms with Crippen LogP contribution in [0.4, 0.5) is 0 Å². The summed E-state index contributed by atoms with van der Waals surface area (Å²) in [5.41, 5.74) is 9.32. The number of aromatic nitrogens is 6. The zero-order chi connectivity index (χ0) is 26.2. The Morgan fingerprint density at radius 2 is 0.744 bits per heavy atom. The first-order valence-electron chi connectivity index (χ1n) is 12.3. The molecular formula is C32H26IrN6. The maximum absolute atomic E-state index is 4.79. The van der Waals surface area contributed by atoms with Crippen LogP contribution in [0.15, 0.2) is 122 Å². The van der Waals surface area contributed by atoms with E-state index in [1.54, 1.807) is 24.8 Å². The molecule has 6 rings (SSSR count). The van der Waals surface area contributed by atoms with E-state index in [0.717, 1.165) is 56.7 Å². The molecule has 0 saturated carbocycles. The normalized spacial score (nSPS) is 10.1. The second-order valence-electron chi connectivity index (χ2n) is 8.59. The van der Waals surface area contributed by atoms with Gasteiger partial charge in [-0.3, -0.25) is 19.9 Å². The summed E-state index contributed by atoms with van der Waals surface area (Å²) in [7, 11) is 0. The molecule has 0 N–H and O–H groups in total. The minimum absolute atomic E-state index is 0. The smallest absolute Gasteiger partial charge is 0.0923 e. The first-order chi connectivity index (χ1) is 18.7. The molecule has 0 aliphatic heterocycles. The predicted molar refractivity (Wildman–Crippen MR) is 151 cm³/mol. The zero-order valence-corrected chi connectivity index (χ0v) is 24.0. The molecule has 6 aromatic rings. The second kappa shape index (κ2) is 13.4. The summed E-state index contributed by atoms with van der Waals surface area (Å²) < 4.78 is 0. The van der Waals surface area contributed by atoms with Crippen LogP contribution in [0, 0.1) is 13.8 Å². The molecular weight excluding hydrogens is 661 g/mol. The molecule has 1 radical (unpaired) electrons. The van der Waals surface area contributed by atoms with Gasteiger partial charge in [0.25, 0.3) is 0 Å². The Kier molecular flexibility index (Phi) is 9.46. The fourth-order valence-electron chi connectivity index (χ4n) is 4.02. The molecule has 6 heterocycles. The minimum atomic E-state index is 0. The van der Waals surface area contributed by atoms with Crippen molar-refractivity contribution in [3.63, 3.8) is 0 Å². The SMILES string of the molecule is Cc1cc(C)c(-c2ccccn2)nc1-c1ccccn1.[Ir].c1ccc(-c2cccc(-c3ccccn3)n2)nc1. The summed E-state index contributed by atoms with van der Waals surface area (Å²) in [4.78, 5) is 26.8. The standard InChI is InChI=1S/C17H15N3.C15H11N3.Ir/c1-12-11-13(2)17(15-8-4-6-10-19-15)20-16(12)14-7-3-5-9-18-14;1-3-10-16-12(6-1)14-8-5-9-15(18-14)13-7-2-4-11-17-13;/h3-11H,1-2H3;1-11H;. The van der Waals surface area contributed by atoms with Crippen LogP contribution in [0.2, 0.25) is 0 Å². The topological polar surface area (TPSA) is 77.3 Å². The van der Waals surface area contributed by atoms with Gasteiger partial charge in [-0.25, -0.2) is 9.97 Å². The van der Waals surface area contributed by atoms with Crippen molar-refractivity contribution in [2.45, 2.75) is 13.8 Å².